The molecule has 0 radical (unpaired) electrons. The molecule has 0 saturated heterocycles. The van der Waals surface area contributed by atoms with E-state index in [1.165, 1.54) is 0 Å². The van der Waals surface area contributed by atoms with Gasteiger partial charge in [0.15, 0.2) is 0 Å². The summed E-state index contributed by atoms with van der Waals surface area (Å²) in [6.45, 7) is -0.225. The molecular weight excluding hydrogens is 401 g/mol. The van der Waals surface area contributed by atoms with Crippen LogP contribution in [0.3, 0.4) is 0 Å². The lowest BCUT2D eigenvalue weighted by Gasteiger charge is -2.20. The number of halogens is 1. The van der Waals surface area contributed by atoms with Crippen molar-refractivity contribution in [3.05, 3.63) is 89.2 Å². The Morgan fingerprint density at radius 1 is 1.00 bits per heavy atom. The molecule has 3 aromatic carbocycles. The first kappa shape index (κ1) is 20.8. The molecule has 7 heteroatoms. The molecule has 0 bridgehead atoms. The average Bonchev–Trinajstić information content (AvgIpc) is 3.11. The van der Waals surface area contributed by atoms with E-state index in [9.17, 15) is 24.5 Å². The van der Waals surface area contributed by atoms with E-state index in [0.717, 1.165) is 40.5 Å². The van der Waals surface area contributed by atoms with E-state index in [4.69, 9.17) is 4.74 Å². The summed E-state index contributed by atoms with van der Waals surface area (Å²) in [6, 6.07) is 18.9. The Morgan fingerprint density at radius 3 is 2.26 bits per heavy atom. The topological polar surface area (TPSA) is 99.0 Å². The van der Waals surface area contributed by atoms with Crippen molar-refractivity contribution in [1.82, 2.24) is 5.32 Å². The van der Waals surface area contributed by atoms with Crippen LogP contribution in [0, 0.1) is 5.82 Å². The number of aliphatic hydroxyl groups excluding tert-OH is 2. The van der Waals surface area contributed by atoms with E-state index in [2.05, 4.69) is 5.32 Å². The first-order chi connectivity index (χ1) is 15.0. The first-order valence-electron chi connectivity index (χ1n) is 9.89. The molecule has 1 aliphatic carbocycles. The Morgan fingerprint density at radius 2 is 1.61 bits per heavy atom. The Bertz CT molecular complexity index is 1060. The van der Waals surface area contributed by atoms with Crippen LogP contribution in [-0.2, 0) is 4.74 Å². The molecule has 2 atom stereocenters. The maximum absolute atomic E-state index is 13.4. The number of benzene rings is 3. The van der Waals surface area contributed by atoms with Crippen molar-refractivity contribution < 1.29 is 29.2 Å². The summed E-state index contributed by atoms with van der Waals surface area (Å²) >= 11 is 0. The largest absolute Gasteiger partial charge is 0.508 e. The minimum absolute atomic E-state index is 0.0992. The molecular formula is C24H22FNO5. The summed E-state index contributed by atoms with van der Waals surface area (Å²) < 4.78 is 18.7. The fourth-order valence-corrected chi connectivity index (χ4v) is 3.92. The number of hydrogen-bond donors (Lipinski definition) is 4. The quantitative estimate of drug-likeness (QED) is 0.487. The number of phenolic OH excluding ortho intramolecular Hbond substituents is 1. The number of carbonyl (C=O) groups excluding carboxylic acids is 1. The van der Waals surface area contributed by atoms with E-state index in [1.54, 1.807) is 0 Å². The minimum atomic E-state index is -1.58. The van der Waals surface area contributed by atoms with Crippen LogP contribution >= 0.6 is 0 Å². The SMILES string of the molecule is O=C(NCC(O)C(O)c1cc(F)ccc1O)OCC1c2ccccc2-c2ccccc21. The number of amides is 1. The summed E-state index contributed by atoms with van der Waals surface area (Å²) in [6.07, 6.45) is -3.80. The number of phenols is 1. The molecule has 0 heterocycles. The van der Waals surface area contributed by atoms with Crippen LogP contribution < -0.4 is 5.32 Å². The van der Waals surface area contributed by atoms with Gasteiger partial charge in [-0.05, 0) is 40.5 Å². The number of rotatable bonds is 6. The molecule has 4 rings (SSSR count). The molecule has 4 N–H and O–H groups in total. The lowest BCUT2D eigenvalue weighted by atomic mass is 9.98. The van der Waals surface area contributed by atoms with Crippen molar-refractivity contribution in [3.8, 4) is 16.9 Å². The first-order valence-corrected chi connectivity index (χ1v) is 9.89. The summed E-state index contributed by atoms with van der Waals surface area (Å²) in [5.41, 5.74) is 4.21. The number of nitrogens with one attached hydrogen (secondary N) is 1. The summed E-state index contributed by atoms with van der Waals surface area (Å²) in [5.74, 6) is -1.12. The monoisotopic (exact) mass is 423 g/mol. The normalized spacial score (nSPS) is 14.4. The molecule has 0 aromatic heterocycles. The number of fused-ring (bicyclic) bond motifs is 3. The number of alkyl carbamates (subject to hydrolysis) is 1. The van der Waals surface area contributed by atoms with Crippen molar-refractivity contribution >= 4 is 6.09 Å². The van der Waals surface area contributed by atoms with Gasteiger partial charge in [0.2, 0.25) is 0 Å². The van der Waals surface area contributed by atoms with Crippen molar-refractivity contribution in [1.29, 1.82) is 0 Å². The molecule has 2 unspecified atom stereocenters. The Kier molecular flexibility index (Phi) is 5.88. The van der Waals surface area contributed by atoms with Gasteiger partial charge in [-0.1, -0.05) is 48.5 Å². The zero-order valence-corrected chi connectivity index (χ0v) is 16.5. The van der Waals surface area contributed by atoms with Gasteiger partial charge in [-0.3, -0.25) is 0 Å². The van der Waals surface area contributed by atoms with E-state index in [-0.39, 0.29) is 30.4 Å². The Balaban J connectivity index is 1.35. The standard InChI is InChI=1S/C24H22FNO5/c25-14-9-10-21(27)19(11-14)23(29)22(28)12-26-24(30)31-13-20-17-7-3-1-5-15(17)16-6-2-4-8-18(16)20/h1-11,20,22-23,27-29H,12-13H2,(H,26,30). The van der Waals surface area contributed by atoms with Gasteiger partial charge in [0.1, 0.15) is 30.4 Å². The smallest absolute Gasteiger partial charge is 0.407 e. The molecule has 0 saturated carbocycles. The van der Waals surface area contributed by atoms with Gasteiger partial charge < -0.3 is 25.4 Å². The fraction of sp³-hybridized carbons (Fsp3) is 0.208. The second-order valence-corrected chi connectivity index (χ2v) is 7.42. The second kappa shape index (κ2) is 8.75. The van der Waals surface area contributed by atoms with Gasteiger partial charge >= 0.3 is 6.09 Å². The van der Waals surface area contributed by atoms with Crippen molar-refractivity contribution in [2.45, 2.75) is 18.1 Å². The van der Waals surface area contributed by atoms with Gasteiger partial charge in [0.05, 0.1) is 0 Å². The number of hydrogen-bond acceptors (Lipinski definition) is 5. The third kappa shape index (κ3) is 4.23. The van der Waals surface area contributed by atoms with Gasteiger partial charge in [0.25, 0.3) is 0 Å². The summed E-state index contributed by atoms with van der Waals surface area (Å²) in [5, 5.41) is 32.4. The maximum atomic E-state index is 13.4. The average molecular weight is 423 g/mol. The van der Waals surface area contributed by atoms with Crippen LogP contribution in [0.25, 0.3) is 11.1 Å². The summed E-state index contributed by atoms with van der Waals surface area (Å²) in [7, 11) is 0. The van der Waals surface area contributed by atoms with Crippen LogP contribution in [0.5, 0.6) is 5.75 Å². The third-order valence-electron chi connectivity index (χ3n) is 5.47. The molecule has 1 amide bonds. The van der Waals surface area contributed by atoms with Crippen LogP contribution in [0.15, 0.2) is 66.7 Å². The van der Waals surface area contributed by atoms with Gasteiger partial charge in [-0.25, -0.2) is 9.18 Å². The Hall–Kier alpha value is -3.42. The van der Waals surface area contributed by atoms with E-state index in [1.807, 2.05) is 48.5 Å². The minimum Gasteiger partial charge on any atom is -0.508 e. The van der Waals surface area contributed by atoms with Gasteiger partial charge in [-0.2, -0.15) is 0 Å². The maximum Gasteiger partial charge on any atom is 0.407 e. The highest BCUT2D eigenvalue weighted by Crippen LogP contribution is 2.44. The zero-order valence-electron chi connectivity index (χ0n) is 16.5. The molecule has 0 fully saturated rings. The molecule has 3 aromatic rings. The number of aromatic hydroxyl groups is 1. The van der Waals surface area contributed by atoms with Gasteiger partial charge in [-0.15, -0.1) is 0 Å². The van der Waals surface area contributed by atoms with Gasteiger partial charge in [0, 0.05) is 18.0 Å². The predicted octanol–water partition coefficient (Wildman–Crippen LogP) is 3.46. The van der Waals surface area contributed by atoms with Crippen molar-refractivity contribution in [2.24, 2.45) is 0 Å². The lowest BCUT2D eigenvalue weighted by molar-refractivity contribution is 0.0171. The zero-order chi connectivity index (χ0) is 22.0. The molecule has 6 nitrogen and oxygen atoms in total. The fourth-order valence-electron chi connectivity index (χ4n) is 3.92. The van der Waals surface area contributed by atoms with E-state index >= 15 is 0 Å². The number of ether oxygens (including phenoxy) is 1. The highest BCUT2D eigenvalue weighted by Gasteiger charge is 2.29. The predicted molar refractivity (Wildman–Crippen MR) is 112 cm³/mol. The highest BCUT2D eigenvalue weighted by molar-refractivity contribution is 5.79. The lowest BCUT2D eigenvalue weighted by Crippen LogP contribution is -2.36. The highest BCUT2D eigenvalue weighted by atomic mass is 19.1. The Labute approximate surface area is 178 Å². The third-order valence-corrected chi connectivity index (χ3v) is 5.47. The molecule has 31 heavy (non-hydrogen) atoms. The molecule has 160 valence electrons. The number of carbonyl (C=O) groups is 1. The van der Waals surface area contributed by atoms with Crippen molar-refractivity contribution in [3.63, 3.8) is 0 Å². The van der Waals surface area contributed by atoms with Crippen LogP contribution in [0.4, 0.5) is 9.18 Å². The second-order valence-electron chi connectivity index (χ2n) is 7.42. The molecule has 0 aliphatic heterocycles. The van der Waals surface area contributed by atoms with Crippen LogP contribution in [0.1, 0.15) is 28.7 Å². The van der Waals surface area contributed by atoms with Crippen LogP contribution in [-0.4, -0.2) is 40.7 Å². The molecule has 0 spiro atoms. The van der Waals surface area contributed by atoms with E-state index in [0.29, 0.717) is 0 Å². The number of aliphatic hydroxyl groups is 2. The van der Waals surface area contributed by atoms with Crippen molar-refractivity contribution in [2.75, 3.05) is 13.2 Å². The molecule has 1 aliphatic rings. The van der Waals surface area contributed by atoms with Crippen LogP contribution in [0.2, 0.25) is 0 Å². The summed E-state index contributed by atoms with van der Waals surface area (Å²) in [4.78, 5) is 12.2. The van der Waals surface area contributed by atoms with E-state index < -0.39 is 24.1 Å².